The number of aliphatic carboxylic acids is 3. The molecule has 1 aromatic rings. The van der Waals surface area contributed by atoms with Crippen molar-refractivity contribution in [2.45, 2.75) is 18.4 Å². The summed E-state index contributed by atoms with van der Waals surface area (Å²) < 4.78 is 0. The predicted octanol–water partition coefficient (Wildman–Crippen LogP) is 0.144. The minimum atomic E-state index is -2.74. The van der Waals surface area contributed by atoms with Gasteiger partial charge < -0.3 is 25.5 Å². The standard InChI is InChI=1S/C6H8O7.C6H6O/c7-3(8)1-6(13,5(11)12)2-4(9)10;7-6-4-2-1-3-5-6/h13H,1-2H2,(H,7,8)(H,9,10)(H,11,12);1-5,7H. The summed E-state index contributed by atoms with van der Waals surface area (Å²) in [6.07, 6.45) is -2.29. The van der Waals surface area contributed by atoms with Gasteiger partial charge in [-0.1, -0.05) is 18.2 Å². The van der Waals surface area contributed by atoms with Gasteiger partial charge in [-0.15, -0.1) is 0 Å². The van der Waals surface area contributed by atoms with Gasteiger partial charge in [-0.05, 0) is 12.1 Å². The van der Waals surface area contributed by atoms with Crippen LogP contribution in [0.2, 0.25) is 0 Å². The van der Waals surface area contributed by atoms with Gasteiger partial charge in [-0.3, -0.25) is 9.59 Å². The summed E-state index contributed by atoms with van der Waals surface area (Å²) in [5.74, 6) is -4.70. The third-order valence-electron chi connectivity index (χ3n) is 2.04. The van der Waals surface area contributed by atoms with E-state index in [0.29, 0.717) is 5.75 Å². The van der Waals surface area contributed by atoms with E-state index in [2.05, 4.69) is 0 Å². The molecule has 0 heterocycles. The molecule has 0 unspecified atom stereocenters. The summed E-state index contributed by atoms with van der Waals surface area (Å²) in [7, 11) is 0. The number of hydrogen-bond donors (Lipinski definition) is 5. The van der Waals surface area contributed by atoms with Crippen LogP contribution < -0.4 is 0 Å². The average Bonchev–Trinajstić information content (AvgIpc) is 2.28. The highest BCUT2D eigenvalue weighted by Crippen LogP contribution is 2.15. The van der Waals surface area contributed by atoms with Crippen molar-refractivity contribution in [3.05, 3.63) is 30.3 Å². The number of para-hydroxylation sites is 1. The number of benzene rings is 1. The Bertz CT molecular complexity index is 452. The summed E-state index contributed by atoms with van der Waals surface area (Å²) in [4.78, 5) is 30.5. The Hall–Kier alpha value is -2.61. The highest BCUT2D eigenvalue weighted by Gasteiger charge is 2.40. The molecule has 5 N–H and O–H groups in total. The van der Waals surface area contributed by atoms with E-state index < -0.39 is 36.4 Å². The first-order valence-corrected chi connectivity index (χ1v) is 5.31. The van der Waals surface area contributed by atoms with E-state index in [1.54, 1.807) is 24.3 Å². The molecule has 0 aliphatic rings. The van der Waals surface area contributed by atoms with E-state index in [1.165, 1.54) is 0 Å². The first-order chi connectivity index (χ1) is 9.17. The molecular weight excluding hydrogens is 272 g/mol. The Morgan fingerprint density at radius 2 is 1.30 bits per heavy atom. The normalized spacial score (nSPS) is 10.1. The Morgan fingerprint density at radius 1 is 0.900 bits per heavy atom. The topological polar surface area (TPSA) is 152 Å². The molecule has 0 aliphatic heterocycles. The van der Waals surface area contributed by atoms with Crippen molar-refractivity contribution < 1.29 is 39.9 Å². The van der Waals surface area contributed by atoms with E-state index in [0.717, 1.165) is 0 Å². The Balaban J connectivity index is 0.000000428. The van der Waals surface area contributed by atoms with E-state index in [-0.39, 0.29) is 0 Å². The third kappa shape index (κ3) is 6.97. The molecule has 20 heavy (non-hydrogen) atoms. The molecule has 8 nitrogen and oxygen atoms in total. The minimum Gasteiger partial charge on any atom is -0.508 e. The van der Waals surface area contributed by atoms with Gasteiger partial charge in [0.15, 0.2) is 5.60 Å². The van der Waals surface area contributed by atoms with Crippen molar-refractivity contribution in [2.24, 2.45) is 0 Å². The number of carboxylic acid groups (broad SMARTS) is 3. The second kappa shape index (κ2) is 7.74. The minimum absolute atomic E-state index is 0.322. The molecule has 0 amide bonds. The molecule has 0 saturated carbocycles. The van der Waals surface area contributed by atoms with Crippen molar-refractivity contribution in [2.75, 3.05) is 0 Å². The van der Waals surface area contributed by atoms with Crippen LogP contribution in [0.1, 0.15) is 12.8 Å². The molecule has 0 fully saturated rings. The number of phenols is 1. The lowest BCUT2D eigenvalue weighted by molar-refractivity contribution is -0.170. The van der Waals surface area contributed by atoms with Gasteiger partial charge in [0.05, 0.1) is 12.8 Å². The van der Waals surface area contributed by atoms with Crippen LogP contribution in [-0.2, 0) is 14.4 Å². The SMILES string of the molecule is O=C(O)CC(O)(CC(=O)O)C(=O)O.Oc1ccccc1. The zero-order valence-electron chi connectivity index (χ0n) is 10.3. The zero-order valence-corrected chi connectivity index (χ0v) is 10.3. The first-order valence-electron chi connectivity index (χ1n) is 5.31. The maximum atomic E-state index is 10.3. The van der Waals surface area contributed by atoms with E-state index in [9.17, 15) is 14.4 Å². The monoisotopic (exact) mass is 286 g/mol. The fraction of sp³-hybridized carbons (Fsp3) is 0.250. The summed E-state index contributed by atoms with van der Waals surface area (Å²) in [5, 5.41) is 42.4. The van der Waals surface area contributed by atoms with Gasteiger partial charge in [0.2, 0.25) is 0 Å². The quantitative estimate of drug-likeness (QED) is 0.512. The van der Waals surface area contributed by atoms with Crippen LogP contribution in [0.4, 0.5) is 0 Å². The van der Waals surface area contributed by atoms with Crippen LogP contribution in [0.5, 0.6) is 5.75 Å². The molecule has 1 aromatic carbocycles. The lowest BCUT2D eigenvalue weighted by atomic mass is 9.96. The van der Waals surface area contributed by atoms with Crippen LogP contribution in [0.25, 0.3) is 0 Å². The van der Waals surface area contributed by atoms with Gasteiger partial charge in [-0.2, -0.15) is 0 Å². The van der Waals surface area contributed by atoms with Gasteiger partial charge in [0.25, 0.3) is 0 Å². The smallest absolute Gasteiger partial charge is 0.336 e. The number of carbonyl (C=O) groups is 3. The number of carboxylic acids is 3. The maximum absolute atomic E-state index is 10.3. The molecule has 0 saturated heterocycles. The Kier molecular flexibility index (Phi) is 6.73. The first kappa shape index (κ1) is 17.4. The summed E-state index contributed by atoms with van der Waals surface area (Å²) >= 11 is 0. The highest BCUT2D eigenvalue weighted by atomic mass is 16.4. The number of rotatable bonds is 5. The summed E-state index contributed by atoms with van der Waals surface area (Å²) in [6.45, 7) is 0. The Labute approximate surface area is 113 Å². The van der Waals surface area contributed by atoms with E-state index in [1.807, 2.05) is 6.07 Å². The van der Waals surface area contributed by atoms with Gasteiger partial charge in [0, 0.05) is 0 Å². The van der Waals surface area contributed by atoms with Gasteiger partial charge in [0.1, 0.15) is 5.75 Å². The molecule has 0 atom stereocenters. The molecule has 0 aromatic heterocycles. The highest BCUT2D eigenvalue weighted by molar-refractivity contribution is 5.88. The zero-order chi connectivity index (χ0) is 15.8. The molecule has 0 bridgehead atoms. The van der Waals surface area contributed by atoms with Crippen LogP contribution in [-0.4, -0.2) is 49.0 Å². The van der Waals surface area contributed by atoms with E-state index >= 15 is 0 Å². The largest absolute Gasteiger partial charge is 0.508 e. The van der Waals surface area contributed by atoms with Crippen LogP contribution >= 0.6 is 0 Å². The second-order valence-corrected chi connectivity index (χ2v) is 3.81. The fourth-order valence-electron chi connectivity index (χ4n) is 1.14. The fourth-order valence-corrected chi connectivity index (χ4v) is 1.14. The molecule has 1 rings (SSSR count). The van der Waals surface area contributed by atoms with Crippen molar-refractivity contribution in [3.63, 3.8) is 0 Å². The van der Waals surface area contributed by atoms with Gasteiger partial charge in [-0.25, -0.2) is 4.79 Å². The summed E-state index contributed by atoms with van der Waals surface area (Å²) in [5.41, 5.74) is -2.74. The number of aromatic hydroxyl groups is 1. The molecule has 0 spiro atoms. The summed E-state index contributed by atoms with van der Waals surface area (Å²) in [6, 6.07) is 8.71. The molecule has 0 aliphatic carbocycles. The Morgan fingerprint density at radius 3 is 1.50 bits per heavy atom. The van der Waals surface area contributed by atoms with E-state index in [4.69, 9.17) is 25.5 Å². The van der Waals surface area contributed by atoms with Crippen molar-refractivity contribution in [1.82, 2.24) is 0 Å². The van der Waals surface area contributed by atoms with Crippen LogP contribution in [0.15, 0.2) is 30.3 Å². The van der Waals surface area contributed by atoms with Crippen LogP contribution in [0.3, 0.4) is 0 Å². The molecule has 8 heteroatoms. The van der Waals surface area contributed by atoms with Crippen LogP contribution in [0, 0.1) is 0 Å². The maximum Gasteiger partial charge on any atom is 0.336 e. The average molecular weight is 286 g/mol. The van der Waals surface area contributed by atoms with Crippen molar-refractivity contribution in [1.29, 1.82) is 0 Å². The predicted molar refractivity (Wildman–Crippen MR) is 65.2 cm³/mol. The third-order valence-corrected chi connectivity index (χ3v) is 2.04. The van der Waals surface area contributed by atoms with Gasteiger partial charge >= 0.3 is 17.9 Å². The molecule has 110 valence electrons. The number of aliphatic hydroxyl groups is 1. The molecular formula is C12H14O8. The lowest BCUT2D eigenvalue weighted by Gasteiger charge is -2.18. The van der Waals surface area contributed by atoms with Crippen molar-refractivity contribution >= 4 is 17.9 Å². The molecule has 0 radical (unpaired) electrons. The number of phenolic OH excluding ortho intramolecular Hbond substituents is 1. The van der Waals surface area contributed by atoms with Crippen molar-refractivity contribution in [3.8, 4) is 5.75 Å². The lowest BCUT2D eigenvalue weighted by Crippen LogP contribution is -2.42. The second-order valence-electron chi connectivity index (χ2n) is 3.81. The number of hydrogen-bond acceptors (Lipinski definition) is 5.